The Hall–Kier alpha value is -1.80. The highest BCUT2D eigenvalue weighted by atomic mass is 32.2. The summed E-state index contributed by atoms with van der Waals surface area (Å²) in [6.45, 7) is 8.30. The number of amides is 1. The maximum absolute atomic E-state index is 13.2. The van der Waals surface area contributed by atoms with Crippen LogP contribution in [-0.2, 0) is 4.79 Å². The summed E-state index contributed by atoms with van der Waals surface area (Å²) in [4.78, 5) is 24.5. The van der Waals surface area contributed by atoms with Crippen LogP contribution in [0.15, 0.2) is 23.1 Å². The van der Waals surface area contributed by atoms with Crippen LogP contribution < -0.4 is 14.8 Å². The fourth-order valence-corrected chi connectivity index (χ4v) is 6.16. The minimum atomic E-state index is -0.813. The second kappa shape index (κ2) is 9.77. The van der Waals surface area contributed by atoms with E-state index in [-0.39, 0.29) is 17.6 Å². The molecule has 0 aromatic heterocycles. The molecule has 0 spiro atoms. The molecule has 2 fully saturated rings. The van der Waals surface area contributed by atoms with Crippen LogP contribution in [0.4, 0.5) is 5.69 Å². The van der Waals surface area contributed by atoms with E-state index >= 15 is 0 Å². The molecule has 0 heterocycles. The van der Waals surface area contributed by atoms with E-state index in [2.05, 4.69) is 23.9 Å². The van der Waals surface area contributed by atoms with E-state index in [4.69, 9.17) is 4.74 Å². The van der Waals surface area contributed by atoms with Crippen molar-refractivity contribution in [1.29, 1.82) is 0 Å². The number of nitro benzene ring substituents is 1. The lowest BCUT2D eigenvalue weighted by Gasteiger charge is -2.48. The van der Waals surface area contributed by atoms with Gasteiger partial charge in [0.1, 0.15) is 11.3 Å². The van der Waals surface area contributed by atoms with Gasteiger partial charge in [0.15, 0.2) is 0 Å². The van der Waals surface area contributed by atoms with Gasteiger partial charge in [0.2, 0.25) is 5.91 Å². The van der Waals surface area contributed by atoms with Gasteiger partial charge in [0.05, 0.1) is 23.0 Å². The van der Waals surface area contributed by atoms with Crippen LogP contribution in [-0.4, -0.2) is 29.5 Å². The number of benzene rings is 1. The number of rotatable bonds is 8. The van der Waals surface area contributed by atoms with Gasteiger partial charge in [-0.05, 0) is 81.2 Å². The SMILES string of the molecule is CCC1CC2CC(C)CC(C2)C1NC(=O)C(C)(C)NSc1ccc([N+](=O)[O-])cc1OC. The summed E-state index contributed by atoms with van der Waals surface area (Å²) in [6, 6.07) is 4.71. The summed E-state index contributed by atoms with van der Waals surface area (Å²) >= 11 is 1.26. The number of carbonyl (C=O) groups excluding carboxylic acids is 1. The Morgan fingerprint density at radius 3 is 2.68 bits per heavy atom. The van der Waals surface area contributed by atoms with Crippen LogP contribution in [0.5, 0.6) is 5.75 Å². The van der Waals surface area contributed by atoms with Crippen molar-refractivity contribution >= 4 is 23.5 Å². The third-order valence-electron chi connectivity index (χ3n) is 6.89. The Labute approximate surface area is 189 Å². The highest BCUT2D eigenvalue weighted by Crippen LogP contribution is 2.46. The number of ether oxygens (including phenoxy) is 1. The Morgan fingerprint density at radius 2 is 2.03 bits per heavy atom. The van der Waals surface area contributed by atoms with Crippen LogP contribution in [0.25, 0.3) is 0 Å². The molecule has 2 aliphatic rings. The first-order valence-corrected chi connectivity index (χ1v) is 12.0. The molecule has 1 aromatic rings. The first kappa shape index (κ1) is 23.9. The van der Waals surface area contributed by atoms with Crippen molar-refractivity contribution in [2.75, 3.05) is 7.11 Å². The maximum Gasteiger partial charge on any atom is 0.273 e. The molecule has 7 nitrogen and oxygen atoms in total. The largest absolute Gasteiger partial charge is 0.495 e. The number of methoxy groups -OCH3 is 1. The number of non-ortho nitro benzene ring substituents is 1. The molecule has 5 unspecified atom stereocenters. The molecule has 8 heteroatoms. The Morgan fingerprint density at radius 1 is 1.29 bits per heavy atom. The van der Waals surface area contributed by atoms with Gasteiger partial charge in [-0.2, -0.15) is 0 Å². The van der Waals surface area contributed by atoms with Crippen molar-refractivity contribution < 1.29 is 14.5 Å². The number of carbonyl (C=O) groups is 1. The molecular weight excluding hydrogens is 414 g/mol. The van der Waals surface area contributed by atoms with E-state index < -0.39 is 10.5 Å². The first-order chi connectivity index (χ1) is 14.6. The molecular formula is C23H35N3O4S. The average Bonchev–Trinajstić information content (AvgIpc) is 2.73. The smallest absolute Gasteiger partial charge is 0.273 e. The molecule has 0 radical (unpaired) electrons. The predicted molar refractivity (Wildman–Crippen MR) is 123 cm³/mol. The monoisotopic (exact) mass is 449 g/mol. The van der Waals surface area contributed by atoms with Crippen molar-refractivity contribution in [1.82, 2.24) is 10.0 Å². The van der Waals surface area contributed by atoms with Gasteiger partial charge in [-0.1, -0.05) is 20.3 Å². The van der Waals surface area contributed by atoms with E-state index in [0.717, 1.165) is 18.3 Å². The van der Waals surface area contributed by atoms with E-state index in [1.807, 2.05) is 13.8 Å². The zero-order chi connectivity index (χ0) is 22.8. The van der Waals surface area contributed by atoms with Crippen molar-refractivity contribution in [2.45, 2.75) is 76.3 Å². The van der Waals surface area contributed by atoms with E-state index in [1.54, 1.807) is 6.07 Å². The van der Waals surface area contributed by atoms with Gasteiger partial charge in [-0.25, -0.2) is 4.72 Å². The van der Waals surface area contributed by atoms with E-state index in [9.17, 15) is 14.9 Å². The zero-order valence-corrected chi connectivity index (χ0v) is 20.0. The van der Waals surface area contributed by atoms with Crippen molar-refractivity contribution in [3.8, 4) is 5.75 Å². The molecule has 1 amide bonds. The summed E-state index contributed by atoms with van der Waals surface area (Å²) in [5.74, 6) is 3.04. The molecule has 31 heavy (non-hydrogen) atoms. The summed E-state index contributed by atoms with van der Waals surface area (Å²) < 4.78 is 8.54. The minimum absolute atomic E-state index is 0.0130. The minimum Gasteiger partial charge on any atom is -0.495 e. The lowest BCUT2D eigenvalue weighted by molar-refractivity contribution is -0.385. The fraction of sp³-hybridized carbons (Fsp3) is 0.696. The molecule has 172 valence electrons. The number of fused-ring (bicyclic) bond motifs is 2. The average molecular weight is 450 g/mol. The third kappa shape index (κ3) is 5.52. The first-order valence-electron chi connectivity index (χ1n) is 11.2. The number of nitrogens with one attached hydrogen (secondary N) is 2. The van der Waals surface area contributed by atoms with Crippen LogP contribution in [0, 0.1) is 33.8 Å². The summed E-state index contributed by atoms with van der Waals surface area (Å²) in [6.07, 6.45) is 6.06. The quantitative estimate of drug-likeness (QED) is 0.331. The molecule has 0 aliphatic heterocycles. The molecule has 2 aliphatic carbocycles. The topological polar surface area (TPSA) is 93.5 Å². The van der Waals surface area contributed by atoms with E-state index in [0.29, 0.717) is 22.5 Å². The summed E-state index contributed by atoms with van der Waals surface area (Å²) in [5.41, 5.74) is -0.839. The van der Waals surface area contributed by atoms with Crippen LogP contribution in [0.2, 0.25) is 0 Å². The van der Waals surface area contributed by atoms with Crippen LogP contribution in [0.3, 0.4) is 0 Å². The number of nitrogens with zero attached hydrogens (tertiary/aromatic N) is 1. The molecule has 2 saturated carbocycles. The molecule has 0 saturated heterocycles. The Kier molecular flexibility index (Phi) is 7.52. The van der Waals surface area contributed by atoms with Crippen LogP contribution >= 0.6 is 11.9 Å². The molecule has 2 bridgehead atoms. The third-order valence-corrected chi connectivity index (χ3v) is 8.06. The molecule has 1 aromatic carbocycles. The van der Waals surface area contributed by atoms with E-state index in [1.165, 1.54) is 56.9 Å². The lowest BCUT2D eigenvalue weighted by atomic mass is 9.62. The zero-order valence-electron chi connectivity index (χ0n) is 19.1. The van der Waals surface area contributed by atoms with Crippen molar-refractivity contribution in [2.24, 2.45) is 23.7 Å². The van der Waals surface area contributed by atoms with Gasteiger partial charge in [-0.15, -0.1) is 0 Å². The van der Waals surface area contributed by atoms with Gasteiger partial charge >= 0.3 is 0 Å². The molecule has 3 rings (SSSR count). The Balaban J connectivity index is 1.66. The number of nitro groups is 1. The highest BCUT2D eigenvalue weighted by Gasteiger charge is 2.43. The molecule has 2 N–H and O–H groups in total. The predicted octanol–water partition coefficient (Wildman–Crippen LogP) is 4.95. The number of hydrogen-bond donors (Lipinski definition) is 2. The highest BCUT2D eigenvalue weighted by molar-refractivity contribution is 7.97. The van der Waals surface area contributed by atoms with Crippen molar-refractivity contribution in [3.63, 3.8) is 0 Å². The normalized spacial score (nSPS) is 28.1. The maximum atomic E-state index is 13.2. The van der Waals surface area contributed by atoms with Gasteiger partial charge < -0.3 is 10.1 Å². The van der Waals surface area contributed by atoms with Gasteiger partial charge in [-0.3, -0.25) is 14.9 Å². The molecule has 5 atom stereocenters. The van der Waals surface area contributed by atoms with Crippen molar-refractivity contribution in [3.05, 3.63) is 28.3 Å². The van der Waals surface area contributed by atoms with Crippen LogP contribution in [0.1, 0.15) is 59.8 Å². The Bertz CT molecular complexity index is 814. The second-order valence-electron chi connectivity index (χ2n) is 9.76. The van der Waals surface area contributed by atoms with Gasteiger partial charge in [0.25, 0.3) is 5.69 Å². The van der Waals surface area contributed by atoms with Gasteiger partial charge in [0, 0.05) is 12.1 Å². The lowest BCUT2D eigenvalue weighted by Crippen LogP contribution is -2.58. The standard InChI is InChI=1S/C23H35N3O4S/c1-6-16-11-15-9-14(2)10-17(12-15)21(16)24-22(27)23(3,4)25-31-20-8-7-18(26(28)29)13-19(20)30-5/h7-8,13-17,21,25H,6,9-12H2,1-5H3,(H,24,27). The second-order valence-corrected chi connectivity index (χ2v) is 10.6. The summed E-state index contributed by atoms with van der Waals surface area (Å²) in [5, 5.41) is 14.4. The summed E-state index contributed by atoms with van der Waals surface area (Å²) in [7, 11) is 1.48. The number of hydrogen-bond acceptors (Lipinski definition) is 6. The fourth-order valence-electron chi connectivity index (χ4n) is 5.32.